The lowest BCUT2D eigenvalue weighted by molar-refractivity contribution is -0.348. The van der Waals surface area contributed by atoms with Crippen LogP contribution in [-0.2, 0) is 86.7 Å². The second kappa shape index (κ2) is 29.2. The summed E-state index contributed by atoms with van der Waals surface area (Å²) in [6.45, 7) is 8.15. The summed E-state index contributed by atoms with van der Waals surface area (Å²) in [7, 11) is -3.15. The SMILES string of the molecule is CC(C)(C)[Si](OC[C@H]1O[C@H](OC[C@H]2O[C@H](O)[C@H](OCc3ccccc3)[C@@H](OCc3ccccc3)[C@@H]2OCc2ccccc2)[C@H](OCc2ccccc2)[C@@H](OCc2ccccc2)[C@@H]1OCc1ccccc1)(c1ccccc1)c1ccccc1. The zero-order valence-corrected chi connectivity index (χ0v) is 48.1. The third-order valence-electron chi connectivity index (χ3n) is 15.2. The van der Waals surface area contributed by atoms with Crippen LogP contribution in [-0.4, -0.2) is 88.0 Å². The monoisotopic (exact) mass is 1120 g/mol. The molecule has 0 unspecified atom stereocenters. The van der Waals surface area contributed by atoms with Crippen molar-refractivity contribution >= 4 is 18.7 Å². The zero-order valence-electron chi connectivity index (χ0n) is 47.1. The van der Waals surface area contributed by atoms with E-state index < -0.39 is 69.7 Å². The highest BCUT2D eigenvalue weighted by Crippen LogP contribution is 2.39. The molecular formula is C70H76O11Si. The Morgan fingerprint density at radius 1 is 0.329 bits per heavy atom. The third kappa shape index (κ3) is 15.2. The number of rotatable bonds is 26. The Balaban J connectivity index is 1.04. The Kier molecular flexibility index (Phi) is 20.9. The minimum atomic E-state index is -3.15. The van der Waals surface area contributed by atoms with Crippen molar-refractivity contribution in [3.05, 3.63) is 276 Å². The molecule has 2 fully saturated rings. The minimum Gasteiger partial charge on any atom is -0.405 e. The first-order valence-electron chi connectivity index (χ1n) is 28.5. The van der Waals surface area contributed by atoms with E-state index in [2.05, 4.69) is 81.4 Å². The van der Waals surface area contributed by atoms with Gasteiger partial charge in [0, 0.05) is 0 Å². The summed E-state index contributed by atoms with van der Waals surface area (Å²) in [4.78, 5) is 0. The van der Waals surface area contributed by atoms with Gasteiger partial charge in [0.05, 0.1) is 52.9 Å². The van der Waals surface area contributed by atoms with Gasteiger partial charge < -0.3 is 52.2 Å². The predicted octanol–water partition coefficient (Wildman–Crippen LogP) is 11.5. The highest BCUT2D eigenvalue weighted by atomic mass is 28.4. The first-order chi connectivity index (χ1) is 40.2. The number of hydrogen-bond acceptors (Lipinski definition) is 11. The molecular weight excluding hydrogens is 1040 g/mol. The smallest absolute Gasteiger partial charge is 0.261 e. The van der Waals surface area contributed by atoms with Crippen LogP contribution in [0.5, 0.6) is 0 Å². The second-order valence-electron chi connectivity index (χ2n) is 22.0. The Bertz CT molecular complexity index is 3010. The largest absolute Gasteiger partial charge is 0.405 e. The van der Waals surface area contributed by atoms with Crippen molar-refractivity contribution < 1.29 is 52.2 Å². The Labute approximate surface area is 484 Å². The Morgan fingerprint density at radius 3 is 0.951 bits per heavy atom. The number of hydrogen-bond donors (Lipinski definition) is 1. The van der Waals surface area contributed by atoms with E-state index in [1.807, 2.05) is 182 Å². The summed E-state index contributed by atoms with van der Waals surface area (Å²) in [5, 5.41) is 14.1. The lowest BCUT2D eigenvalue weighted by Gasteiger charge is -2.49. The first kappa shape index (κ1) is 58.7. The Hall–Kier alpha value is -6.46. The van der Waals surface area contributed by atoms with E-state index >= 15 is 0 Å². The molecule has 12 heteroatoms. The van der Waals surface area contributed by atoms with Crippen LogP contribution in [0.1, 0.15) is 54.2 Å². The topological polar surface area (TPSA) is 113 Å². The average molecular weight is 1120 g/mol. The van der Waals surface area contributed by atoms with Crippen LogP contribution in [0, 0.1) is 0 Å². The Morgan fingerprint density at radius 2 is 0.610 bits per heavy atom. The fraction of sp³-hybridized carbons (Fsp3) is 0.314. The van der Waals surface area contributed by atoms with E-state index in [0.717, 1.165) is 43.8 Å². The van der Waals surface area contributed by atoms with Crippen molar-refractivity contribution in [1.82, 2.24) is 0 Å². The normalized spacial score (nSPS) is 23.1. The van der Waals surface area contributed by atoms with Gasteiger partial charge >= 0.3 is 0 Å². The molecule has 0 aromatic heterocycles. The molecule has 2 aliphatic rings. The van der Waals surface area contributed by atoms with Crippen LogP contribution in [0.15, 0.2) is 243 Å². The molecule has 0 radical (unpaired) electrons. The van der Waals surface area contributed by atoms with Gasteiger partial charge in [-0.3, -0.25) is 0 Å². The highest BCUT2D eigenvalue weighted by Gasteiger charge is 2.55. The van der Waals surface area contributed by atoms with Gasteiger partial charge in [-0.1, -0.05) is 263 Å². The van der Waals surface area contributed by atoms with Crippen molar-refractivity contribution in [3.63, 3.8) is 0 Å². The van der Waals surface area contributed by atoms with Crippen molar-refractivity contribution in [2.75, 3.05) is 13.2 Å². The molecule has 0 amide bonds. The number of benzene rings is 8. The van der Waals surface area contributed by atoms with E-state index in [9.17, 15) is 5.11 Å². The molecule has 8 aromatic rings. The second-order valence-corrected chi connectivity index (χ2v) is 26.3. The molecule has 426 valence electrons. The van der Waals surface area contributed by atoms with Crippen LogP contribution in [0.4, 0.5) is 0 Å². The van der Waals surface area contributed by atoms with E-state index in [-0.39, 0.29) is 57.9 Å². The van der Waals surface area contributed by atoms with Gasteiger partial charge in [-0.15, -0.1) is 0 Å². The lowest BCUT2D eigenvalue weighted by atomic mass is 9.97. The predicted molar refractivity (Wildman–Crippen MR) is 319 cm³/mol. The molecule has 10 atom stereocenters. The van der Waals surface area contributed by atoms with E-state index in [0.29, 0.717) is 0 Å². The lowest BCUT2D eigenvalue weighted by Crippen LogP contribution is -2.68. The fourth-order valence-electron chi connectivity index (χ4n) is 11.1. The van der Waals surface area contributed by atoms with Crippen LogP contribution in [0.3, 0.4) is 0 Å². The maximum atomic E-state index is 12.2. The first-order valence-corrected chi connectivity index (χ1v) is 30.4. The van der Waals surface area contributed by atoms with Crippen LogP contribution < -0.4 is 10.4 Å². The van der Waals surface area contributed by atoms with Crippen LogP contribution in [0.2, 0.25) is 5.04 Å². The molecule has 82 heavy (non-hydrogen) atoms. The van der Waals surface area contributed by atoms with E-state index in [1.165, 1.54) is 0 Å². The van der Waals surface area contributed by atoms with Crippen LogP contribution in [0.25, 0.3) is 0 Å². The number of ether oxygens (including phenoxy) is 9. The maximum Gasteiger partial charge on any atom is 0.261 e. The number of aliphatic hydroxyl groups excluding tert-OH is 1. The molecule has 11 nitrogen and oxygen atoms in total. The molecule has 1 N–H and O–H groups in total. The van der Waals surface area contributed by atoms with Crippen molar-refractivity contribution in [2.24, 2.45) is 0 Å². The van der Waals surface area contributed by atoms with E-state index in [1.54, 1.807) is 0 Å². The van der Waals surface area contributed by atoms with Gasteiger partial charge in [0.2, 0.25) is 0 Å². The average Bonchev–Trinajstić information content (AvgIpc) is 3.69. The molecule has 2 aliphatic heterocycles. The van der Waals surface area contributed by atoms with E-state index in [4.69, 9.17) is 47.1 Å². The zero-order chi connectivity index (χ0) is 56.4. The summed E-state index contributed by atoms with van der Waals surface area (Å²) < 4.78 is 70.8. The van der Waals surface area contributed by atoms with Gasteiger partial charge in [0.25, 0.3) is 8.32 Å². The summed E-state index contributed by atoms with van der Waals surface area (Å²) in [6, 6.07) is 81.1. The molecule has 8 aromatic carbocycles. The number of aliphatic hydroxyl groups is 1. The van der Waals surface area contributed by atoms with Crippen LogP contribution >= 0.6 is 0 Å². The summed E-state index contributed by atoms with van der Waals surface area (Å²) in [5.41, 5.74) is 5.75. The molecule has 0 aliphatic carbocycles. The molecule has 0 saturated carbocycles. The van der Waals surface area contributed by atoms with Gasteiger partial charge in [-0.05, 0) is 48.8 Å². The summed E-state index contributed by atoms with van der Waals surface area (Å²) >= 11 is 0. The van der Waals surface area contributed by atoms with Crippen molar-refractivity contribution in [3.8, 4) is 0 Å². The summed E-state index contributed by atoms with van der Waals surface area (Å²) in [6.07, 6.45) is -9.19. The molecule has 0 spiro atoms. The summed E-state index contributed by atoms with van der Waals surface area (Å²) in [5.74, 6) is 0. The molecule has 2 heterocycles. The quantitative estimate of drug-likeness (QED) is 0.0523. The molecule has 2 saturated heterocycles. The minimum absolute atomic E-state index is 0.112. The fourth-order valence-corrected chi connectivity index (χ4v) is 15.6. The highest BCUT2D eigenvalue weighted by molar-refractivity contribution is 6.99. The van der Waals surface area contributed by atoms with Gasteiger partial charge in [-0.2, -0.15) is 0 Å². The molecule has 10 rings (SSSR count). The third-order valence-corrected chi connectivity index (χ3v) is 20.2. The standard InChI is InChI=1S/C70H76O11Si/c1-70(2,3)82(58-40-24-10-25-41-58,59-42-26-11-27-43-59)79-51-61-63(73-45-53-30-14-5-15-31-53)65(75-47-55-34-18-7-19-35-55)67(77-49-57-38-22-9-23-39-57)69(81-61)78-50-60-62(72-44-52-28-12-4-13-29-52)64(74-46-54-32-16-6-17-33-54)66(68(71)80-60)76-48-56-36-20-8-21-37-56/h4-43,60-69,71H,44-51H2,1-3H3/t60-,61-,62-,63-,64+,65+,66-,67-,68+,69+/m1/s1. The maximum absolute atomic E-state index is 12.2. The van der Waals surface area contributed by atoms with Gasteiger partial charge in [-0.25, -0.2) is 0 Å². The van der Waals surface area contributed by atoms with Crippen molar-refractivity contribution in [2.45, 2.75) is 127 Å². The van der Waals surface area contributed by atoms with Crippen molar-refractivity contribution in [1.29, 1.82) is 0 Å². The van der Waals surface area contributed by atoms with Gasteiger partial charge in [0.15, 0.2) is 12.6 Å². The van der Waals surface area contributed by atoms with Gasteiger partial charge in [0.1, 0.15) is 48.8 Å². The molecule has 0 bridgehead atoms.